The molecule has 0 aliphatic carbocycles. The molecule has 1 unspecified atom stereocenters. The van der Waals surface area contributed by atoms with Crippen LogP contribution in [0.3, 0.4) is 0 Å². The minimum Gasteiger partial charge on any atom is -0.316 e. The molecule has 2 heteroatoms. The smallest absolute Gasteiger partial charge is 0.0233 e. The second-order valence-electron chi connectivity index (χ2n) is 6.30. The monoisotopic (exact) mass is 258 g/mol. The lowest BCUT2D eigenvalue weighted by Gasteiger charge is -2.33. The van der Waals surface area contributed by atoms with Crippen LogP contribution in [0.1, 0.15) is 31.2 Å². The minimum atomic E-state index is 0.964. The second kappa shape index (κ2) is 6.53. The molecule has 0 saturated carbocycles. The van der Waals surface area contributed by atoms with Crippen molar-refractivity contribution in [1.82, 2.24) is 10.2 Å². The Morgan fingerprint density at radius 1 is 1.00 bits per heavy atom. The van der Waals surface area contributed by atoms with Crippen LogP contribution in [0.5, 0.6) is 0 Å². The lowest BCUT2D eigenvalue weighted by Crippen LogP contribution is -2.34. The van der Waals surface area contributed by atoms with E-state index in [2.05, 4.69) is 40.5 Å². The Morgan fingerprint density at radius 3 is 2.47 bits per heavy atom. The fraction of sp³-hybridized carbons (Fsp3) is 0.647. The molecule has 19 heavy (non-hydrogen) atoms. The maximum atomic E-state index is 3.49. The number of hydrogen-bond acceptors (Lipinski definition) is 2. The molecule has 0 aromatic heterocycles. The van der Waals surface area contributed by atoms with E-state index in [0.29, 0.717) is 0 Å². The van der Waals surface area contributed by atoms with E-state index in [-0.39, 0.29) is 0 Å². The molecule has 2 nitrogen and oxygen atoms in total. The maximum absolute atomic E-state index is 3.49. The van der Waals surface area contributed by atoms with Crippen molar-refractivity contribution >= 4 is 0 Å². The van der Waals surface area contributed by atoms with Gasteiger partial charge in [0.25, 0.3) is 0 Å². The highest BCUT2D eigenvalue weighted by Gasteiger charge is 2.23. The normalized spacial score (nSPS) is 25.8. The topological polar surface area (TPSA) is 15.3 Å². The van der Waals surface area contributed by atoms with Crippen LogP contribution in [0.2, 0.25) is 0 Å². The van der Waals surface area contributed by atoms with Gasteiger partial charge in [-0.25, -0.2) is 0 Å². The Morgan fingerprint density at radius 2 is 1.79 bits per heavy atom. The molecule has 1 atom stereocenters. The van der Waals surface area contributed by atoms with E-state index in [1.807, 2.05) is 0 Å². The molecule has 2 heterocycles. The number of hydrogen-bond donors (Lipinski definition) is 1. The largest absolute Gasteiger partial charge is 0.316 e. The van der Waals surface area contributed by atoms with Crippen molar-refractivity contribution in [2.24, 2.45) is 11.8 Å². The zero-order valence-corrected chi connectivity index (χ0v) is 11.9. The molecule has 2 aliphatic rings. The van der Waals surface area contributed by atoms with Crippen LogP contribution in [-0.4, -0.2) is 31.1 Å². The average molecular weight is 258 g/mol. The van der Waals surface area contributed by atoms with Gasteiger partial charge in [-0.1, -0.05) is 30.3 Å². The molecule has 0 radical (unpaired) electrons. The lowest BCUT2D eigenvalue weighted by atomic mass is 9.86. The number of likely N-dealkylation sites (tertiary alicyclic amines) is 1. The SMILES string of the molecule is c1ccc(CN2CCC(CC3CCNC3)CC2)cc1. The van der Waals surface area contributed by atoms with Crippen LogP contribution in [0.4, 0.5) is 0 Å². The van der Waals surface area contributed by atoms with Crippen LogP contribution in [-0.2, 0) is 6.54 Å². The van der Waals surface area contributed by atoms with Crippen molar-refractivity contribution in [1.29, 1.82) is 0 Å². The summed E-state index contributed by atoms with van der Waals surface area (Å²) in [5, 5.41) is 3.49. The van der Waals surface area contributed by atoms with Crippen molar-refractivity contribution < 1.29 is 0 Å². The Hall–Kier alpha value is -0.860. The van der Waals surface area contributed by atoms with E-state index in [1.54, 1.807) is 0 Å². The first-order valence-electron chi connectivity index (χ1n) is 7.87. The van der Waals surface area contributed by atoms with Gasteiger partial charge in [0.1, 0.15) is 0 Å². The van der Waals surface area contributed by atoms with Gasteiger partial charge in [0, 0.05) is 6.54 Å². The third-order valence-electron chi connectivity index (χ3n) is 4.79. The van der Waals surface area contributed by atoms with Crippen LogP contribution in [0, 0.1) is 11.8 Å². The molecule has 2 saturated heterocycles. The zero-order valence-electron chi connectivity index (χ0n) is 11.9. The van der Waals surface area contributed by atoms with E-state index < -0.39 is 0 Å². The summed E-state index contributed by atoms with van der Waals surface area (Å²) < 4.78 is 0. The van der Waals surface area contributed by atoms with Gasteiger partial charge < -0.3 is 5.32 Å². The molecule has 1 aromatic carbocycles. The highest BCUT2D eigenvalue weighted by Crippen LogP contribution is 2.27. The summed E-state index contributed by atoms with van der Waals surface area (Å²) in [6.45, 7) is 6.24. The highest BCUT2D eigenvalue weighted by molar-refractivity contribution is 5.14. The number of rotatable bonds is 4. The van der Waals surface area contributed by atoms with Crippen LogP contribution in [0.25, 0.3) is 0 Å². The fourth-order valence-corrected chi connectivity index (χ4v) is 3.61. The number of nitrogens with zero attached hydrogens (tertiary/aromatic N) is 1. The first kappa shape index (κ1) is 13.1. The van der Waals surface area contributed by atoms with E-state index in [4.69, 9.17) is 0 Å². The van der Waals surface area contributed by atoms with E-state index in [1.165, 1.54) is 57.4 Å². The Balaban J connectivity index is 1.41. The molecular weight excluding hydrogens is 232 g/mol. The molecule has 104 valence electrons. The molecular formula is C17H26N2. The summed E-state index contributed by atoms with van der Waals surface area (Å²) in [4.78, 5) is 2.62. The van der Waals surface area contributed by atoms with Gasteiger partial charge in [-0.15, -0.1) is 0 Å². The molecule has 0 spiro atoms. The van der Waals surface area contributed by atoms with Gasteiger partial charge in [0.15, 0.2) is 0 Å². The summed E-state index contributed by atoms with van der Waals surface area (Å²) in [6.07, 6.45) is 5.68. The second-order valence-corrected chi connectivity index (χ2v) is 6.30. The summed E-state index contributed by atoms with van der Waals surface area (Å²) in [5.74, 6) is 1.95. The van der Waals surface area contributed by atoms with Crippen LogP contribution in [0.15, 0.2) is 30.3 Å². The van der Waals surface area contributed by atoms with E-state index >= 15 is 0 Å². The Labute approximate surface area is 117 Å². The number of benzene rings is 1. The molecule has 0 bridgehead atoms. The van der Waals surface area contributed by atoms with Crippen molar-refractivity contribution in [3.05, 3.63) is 35.9 Å². The summed E-state index contributed by atoms with van der Waals surface area (Å²) in [7, 11) is 0. The molecule has 0 amide bonds. The van der Waals surface area contributed by atoms with Gasteiger partial charge in [0.2, 0.25) is 0 Å². The zero-order chi connectivity index (χ0) is 12.9. The quantitative estimate of drug-likeness (QED) is 0.893. The molecule has 1 aromatic rings. The molecule has 1 N–H and O–H groups in total. The molecule has 2 fully saturated rings. The fourth-order valence-electron chi connectivity index (χ4n) is 3.61. The maximum Gasteiger partial charge on any atom is 0.0233 e. The number of nitrogens with one attached hydrogen (secondary N) is 1. The van der Waals surface area contributed by atoms with Gasteiger partial charge in [-0.05, 0) is 69.3 Å². The van der Waals surface area contributed by atoms with Gasteiger partial charge in [-0.3, -0.25) is 4.90 Å². The van der Waals surface area contributed by atoms with Crippen LogP contribution < -0.4 is 5.32 Å². The third-order valence-corrected chi connectivity index (χ3v) is 4.79. The number of piperidine rings is 1. The first-order valence-corrected chi connectivity index (χ1v) is 7.87. The minimum absolute atomic E-state index is 0.964. The van der Waals surface area contributed by atoms with E-state index in [9.17, 15) is 0 Å². The highest BCUT2D eigenvalue weighted by atomic mass is 15.1. The van der Waals surface area contributed by atoms with Crippen molar-refractivity contribution in [2.75, 3.05) is 26.2 Å². The predicted molar refractivity (Wildman–Crippen MR) is 80.0 cm³/mol. The molecule has 3 rings (SSSR count). The predicted octanol–water partition coefficient (Wildman–Crippen LogP) is 2.90. The summed E-state index contributed by atoms with van der Waals surface area (Å²) in [5.41, 5.74) is 1.46. The summed E-state index contributed by atoms with van der Waals surface area (Å²) >= 11 is 0. The van der Waals surface area contributed by atoms with Crippen LogP contribution >= 0.6 is 0 Å². The van der Waals surface area contributed by atoms with Crippen molar-refractivity contribution in [3.63, 3.8) is 0 Å². The summed E-state index contributed by atoms with van der Waals surface area (Å²) in [6, 6.07) is 10.9. The van der Waals surface area contributed by atoms with E-state index in [0.717, 1.165) is 18.4 Å². The van der Waals surface area contributed by atoms with Gasteiger partial charge >= 0.3 is 0 Å². The lowest BCUT2D eigenvalue weighted by molar-refractivity contribution is 0.162. The standard InChI is InChI=1S/C17H26N2/c1-2-4-16(5-3-1)14-19-10-7-15(8-11-19)12-17-6-9-18-13-17/h1-5,15,17-18H,6-14H2. The Bertz CT molecular complexity index is 362. The van der Waals surface area contributed by atoms with Crippen molar-refractivity contribution in [3.8, 4) is 0 Å². The van der Waals surface area contributed by atoms with Gasteiger partial charge in [-0.2, -0.15) is 0 Å². The first-order chi connectivity index (χ1) is 9.40. The molecule has 2 aliphatic heterocycles. The average Bonchev–Trinajstić information content (AvgIpc) is 2.95. The Kier molecular flexibility index (Phi) is 4.52. The third kappa shape index (κ3) is 3.80. The van der Waals surface area contributed by atoms with Gasteiger partial charge in [0.05, 0.1) is 0 Å². The van der Waals surface area contributed by atoms with Crippen molar-refractivity contribution in [2.45, 2.75) is 32.2 Å².